The van der Waals surface area contributed by atoms with Crippen LogP contribution in [0.25, 0.3) is 0 Å². The first-order valence-corrected chi connectivity index (χ1v) is 7.10. The van der Waals surface area contributed by atoms with E-state index in [-0.39, 0.29) is 5.41 Å². The highest BCUT2D eigenvalue weighted by Crippen LogP contribution is 2.47. The maximum Gasteiger partial charge on any atom is 0.0755 e. The highest BCUT2D eigenvalue weighted by atomic mass is 15.0. The molecule has 1 atom stereocenters. The van der Waals surface area contributed by atoms with Crippen molar-refractivity contribution in [2.24, 2.45) is 0 Å². The molecule has 2 heterocycles. The zero-order chi connectivity index (χ0) is 14.0. The predicted octanol–water partition coefficient (Wildman–Crippen LogP) is 4.79. The third-order valence-electron chi connectivity index (χ3n) is 3.81. The fourth-order valence-corrected chi connectivity index (χ4v) is 2.82. The van der Waals surface area contributed by atoms with E-state index in [1.807, 2.05) is 13.8 Å². The summed E-state index contributed by atoms with van der Waals surface area (Å²) in [5.74, 6) is 0. The molecule has 2 nitrogen and oxygen atoms in total. The summed E-state index contributed by atoms with van der Waals surface area (Å²) < 4.78 is 0. The Bertz CT molecular complexity index is 552. The third-order valence-corrected chi connectivity index (χ3v) is 3.81. The number of benzene rings is 1. The van der Waals surface area contributed by atoms with Crippen molar-refractivity contribution >= 4 is 5.69 Å². The van der Waals surface area contributed by atoms with Crippen molar-refractivity contribution in [1.82, 2.24) is 4.98 Å². The lowest BCUT2D eigenvalue weighted by Gasteiger charge is -2.27. The number of rotatable bonds is 1. The molecule has 3 rings (SSSR count). The summed E-state index contributed by atoms with van der Waals surface area (Å²) in [4.78, 5) is 3.45. The average molecular weight is 256 g/mol. The molecule has 0 radical (unpaired) electrons. The molecule has 0 fully saturated rings. The molecule has 0 saturated heterocycles. The average Bonchev–Trinajstić information content (AvgIpc) is 2.95. The van der Waals surface area contributed by atoms with Gasteiger partial charge in [0, 0.05) is 22.5 Å². The Morgan fingerprint density at radius 3 is 2.26 bits per heavy atom. The molecule has 1 aliphatic rings. The van der Waals surface area contributed by atoms with E-state index in [9.17, 15) is 0 Å². The molecule has 0 amide bonds. The van der Waals surface area contributed by atoms with Crippen LogP contribution in [0.1, 0.15) is 50.7 Å². The van der Waals surface area contributed by atoms with Gasteiger partial charge in [-0.25, -0.2) is 0 Å². The number of aryl methyl sites for hydroxylation is 1. The summed E-state index contributed by atoms with van der Waals surface area (Å²) in [6, 6.07) is 13.2. The van der Waals surface area contributed by atoms with Crippen LogP contribution < -0.4 is 5.32 Å². The molecule has 2 aromatic rings. The zero-order valence-corrected chi connectivity index (χ0v) is 12.5. The molecule has 0 bridgehead atoms. The van der Waals surface area contributed by atoms with Crippen molar-refractivity contribution < 1.29 is 0 Å². The van der Waals surface area contributed by atoms with Crippen molar-refractivity contribution in [2.45, 2.75) is 46.1 Å². The molecule has 0 spiro atoms. The van der Waals surface area contributed by atoms with Crippen molar-refractivity contribution in [1.29, 1.82) is 0 Å². The molecule has 1 unspecified atom stereocenters. The van der Waals surface area contributed by atoms with Crippen molar-refractivity contribution in [3.63, 3.8) is 0 Å². The number of anilines is 1. The van der Waals surface area contributed by atoms with Crippen LogP contribution in [0.5, 0.6) is 0 Å². The molecule has 19 heavy (non-hydrogen) atoms. The number of nitrogens with one attached hydrogen (secondary N) is 2. The number of fused-ring (bicyclic) bond motifs is 1. The van der Waals surface area contributed by atoms with E-state index < -0.39 is 0 Å². The van der Waals surface area contributed by atoms with Crippen molar-refractivity contribution in [2.75, 3.05) is 5.32 Å². The molecule has 2 heteroatoms. The van der Waals surface area contributed by atoms with E-state index in [0.717, 1.165) is 0 Å². The monoisotopic (exact) mass is 256 g/mol. The lowest BCUT2D eigenvalue weighted by molar-refractivity contribution is 0.467. The predicted molar refractivity (Wildman–Crippen MR) is 82.7 cm³/mol. The number of para-hydroxylation sites is 1. The van der Waals surface area contributed by atoms with E-state index in [4.69, 9.17) is 0 Å². The van der Waals surface area contributed by atoms with E-state index in [0.29, 0.717) is 6.04 Å². The molecule has 1 aliphatic heterocycles. The number of hydrogen-bond acceptors (Lipinski definition) is 1. The molecular weight excluding hydrogens is 232 g/mol. The molecule has 1 aromatic carbocycles. The van der Waals surface area contributed by atoms with Crippen LogP contribution in [-0.2, 0) is 5.41 Å². The highest BCUT2D eigenvalue weighted by Gasteiger charge is 2.40. The summed E-state index contributed by atoms with van der Waals surface area (Å²) in [5, 5.41) is 3.62. The molecule has 0 aliphatic carbocycles. The summed E-state index contributed by atoms with van der Waals surface area (Å²) in [6.45, 7) is 10.7. The second kappa shape index (κ2) is 5.12. The van der Waals surface area contributed by atoms with Gasteiger partial charge in [-0.2, -0.15) is 0 Å². The third kappa shape index (κ3) is 2.27. The van der Waals surface area contributed by atoms with Crippen LogP contribution in [0, 0.1) is 6.92 Å². The van der Waals surface area contributed by atoms with Gasteiger partial charge < -0.3 is 10.3 Å². The lowest BCUT2D eigenvalue weighted by atomic mass is 9.79. The maximum absolute atomic E-state index is 3.62. The van der Waals surface area contributed by atoms with Gasteiger partial charge in [0.25, 0.3) is 0 Å². The molecule has 0 saturated carbocycles. The number of aromatic amines is 1. The summed E-state index contributed by atoms with van der Waals surface area (Å²) in [7, 11) is 0. The first kappa shape index (κ1) is 13.7. The van der Waals surface area contributed by atoms with Crippen LogP contribution in [0.15, 0.2) is 36.4 Å². The van der Waals surface area contributed by atoms with Crippen LogP contribution >= 0.6 is 0 Å². The van der Waals surface area contributed by atoms with Gasteiger partial charge in [-0.1, -0.05) is 45.9 Å². The van der Waals surface area contributed by atoms with Gasteiger partial charge in [0.15, 0.2) is 0 Å². The summed E-state index contributed by atoms with van der Waals surface area (Å²) in [5.41, 5.74) is 5.26. The largest absolute Gasteiger partial charge is 0.376 e. The molecule has 102 valence electrons. The Morgan fingerprint density at radius 1 is 1.00 bits per heavy atom. The SMILES string of the molecule is CC.Cc1ccc(C2Nc3ccccc3C2(C)C)[nH]1. The Kier molecular flexibility index (Phi) is 3.70. The normalized spacial score (nSPS) is 19.1. The minimum absolute atomic E-state index is 0.119. The van der Waals surface area contributed by atoms with Crippen molar-refractivity contribution in [3.8, 4) is 0 Å². The van der Waals surface area contributed by atoms with E-state index in [2.05, 4.69) is 67.5 Å². The fourth-order valence-electron chi connectivity index (χ4n) is 2.82. The van der Waals surface area contributed by atoms with Gasteiger partial charge in [-0.3, -0.25) is 0 Å². The first-order valence-electron chi connectivity index (χ1n) is 7.10. The second-order valence-electron chi connectivity index (χ2n) is 5.44. The van der Waals surface area contributed by atoms with Crippen molar-refractivity contribution in [3.05, 3.63) is 53.3 Å². The second-order valence-corrected chi connectivity index (χ2v) is 5.44. The van der Waals surface area contributed by atoms with E-state index in [1.54, 1.807) is 0 Å². The van der Waals surface area contributed by atoms with Gasteiger partial charge in [-0.15, -0.1) is 0 Å². The maximum atomic E-state index is 3.62. The van der Waals surface area contributed by atoms with Crippen LogP contribution in [-0.4, -0.2) is 4.98 Å². The number of H-pyrrole nitrogens is 1. The summed E-state index contributed by atoms with van der Waals surface area (Å²) >= 11 is 0. The van der Waals surface area contributed by atoms with Crippen LogP contribution in [0.4, 0.5) is 5.69 Å². The Morgan fingerprint density at radius 2 is 1.68 bits per heavy atom. The first-order chi connectivity index (χ1) is 9.09. The Labute approximate surface area is 116 Å². The smallest absolute Gasteiger partial charge is 0.0755 e. The van der Waals surface area contributed by atoms with Gasteiger partial charge in [-0.05, 0) is 30.7 Å². The summed E-state index contributed by atoms with van der Waals surface area (Å²) in [6.07, 6.45) is 0. The minimum Gasteiger partial charge on any atom is -0.376 e. The fraction of sp³-hybridized carbons (Fsp3) is 0.412. The van der Waals surface area contributed by atoms with E-state index >= 15 is 0 Å². The minimum atomic E-state index is 0.119. The standard InChI is InChI=1S/C15H18N2.C2H6/c1-10-8-9-13(16-10)14-15(2,3)11-6-4-5-7-12(11)17-14;1-2/h4-9,14,16-17H,1-3H3;1-2H3. The molecule has 1 aromatic heterocycles. The quantitative estimate of drug-likeness (QED) is 0.754. The zero-order valence-electron chi connectivity index (χ0n) is 12.5. The molecular formula is C17H24N2. The Hall–Kier alpha value is -1.70. The topological polar surface area (TPSA) is 27.8 Å². The number of aromatic nitrogens is 1. The van der Waals surface area contributed by atoms with Crippen LogP contribution in [0.3, 0.4) is 0 Å². The van der Waals surface area contributed by atoms with Gasteiger partial charge in [0.1, 0.15) is 0 Å². The van der Waals surface area contributed by atoms with E-state index in [1.165, 1.54) is 22.6 Å². The lowest BCUT2D eigenvalue weighted by Crippen LogP contribution is -2.25. The highest BCUT2D eigenvalue weighted by molar-refractivity contribution is 5.62. The van der Waals surface area contributed by atoms with Gasteiger partial charge in [0.05, 0.1) is 6.04 Å². The van der Waals surface area contributed by atoms with Gasteiger partial charge >= 0.3 is 0 Å². The van der Waals surface area contributed by atoms with Gasteiger partial charge in [0.2, 0.25) is 0 Å². The Balaban J connectivity index is 0.000000637. The van der Waals surface area contributed by atoms with Crippen LogP contribution in [0.2, 0.25) is 0 Å². The number of hydrogen-bond donors (Lipinski definition) is 2. The molecule has 2 N–H and O–H groups in total.